The minimum Gasteiger partial charge on any atom is -0.482 e. The average Bonchev–Trinajstić information content (AvgIpc) is 2.67. The Bertz CT molecular complexity index is 810. The predicted octanol–water partition coefficient (Wildman–Crippen LogP) is 3.97. The molecule has 0 saturated carbocycles. The van der Waals surface area contributed by atoms with Gasteiger partial charge in [-0.3, -0.25) is 9.59 Å². The number of amides is 2. The fourth-order valence-electron chi connectivity index (χ4n) is 3.00. The molecule has 0 radical (unpaired) electrons. The Morgan fingerprint density at radius 3 is 2.54 bits per heavy atom. The first kappa shape index (κ1) is 21.8. The lowest BCUT2D eigenvalue weighted by atomic mass is 10.1. The number of aryl methyl sites for hydroxylation is 1. The van der Waals surface area contributed by atoms with Crippen LogP contribution in [0.4, 0.5) is 0 Å². The Labute approximate surface area is 171 Å². The van der Waals surface area contributed by atoms with Crippen LogP contribution in [0.2, 0.25) is 5.02 Å². The van der Waals surface area contributed by atoms with E-state index in [9.17, 15) is 9.59 Å². The van der Waals surface area contributed by atoms with Crippen molar-refractivity contribution in [1.82, 2.24) is 10.2 Å². The molecule has 0 aliphatic carbocycles. The molecule has 0 spiro atoms. The third-order valence-corrected chi connectivity index (χ3v) is 4.67. The lowest BCUT2D eigenvalue weighted by molar-refractivity contribution is -0.142. The van der Waals surface area contributed by atoms with Crippen LogP contribution < -0.4 is 10.1 Å². The van der Waals surface area contributed by atoms with Gasteiger partial charge in [-0.05, 0) is 38.0 Å². The van der Waals surface area contributed by atoms with Gasteiger partial charge in [0, 0.05) is 13.1 Å². The molecule has 5 nitrogen and oxygen atoms in total. The summed E-state index contributed by atoms with van der Waals surface area (Å²) in [4.78, 5) is 27.1. The summed E-state index contributed by atoms with van der Waals surface area (Å²) in [5.74, 6) is 0.0161. The molecule has 0 aliphatic rings. The van der Waals surface area contributed by atoms with Crippen molar-refractivity contribution in [3.63, 3.8) is 0 Å². The maximum Gasteiger partial charge on any atom is 0.261 e. The molecule has 1 atom stereocenters. The summed E-state index contributed by atoms with van der Waals surface area (Å²) >= 11 is 6.10. The van der Waals surface area contributed by atoms with Crippen LogP contribution in [0.5, 0.6) is 5.75 Å². The van der Waals surface area contributed by atoms with Crippen molar-refractivity contribution in [3.05, 3.63) is 64.7 Å². The van der Waals surface area contributed by atoms with Crippen molar-refractivity contribution in [2.24, 2.45) is 0 Å². The first-order chi connectivity index (χ1) is 13.5. The molecule has 1 N–H and O–H groups in total. The monoisotopic (exact) mass is 402 g/mol. The number of nitrogens with zero attached hydrogens (tertiary/aromatic N) is 1. The summed E-state index contributed by atoms with van der Waals surface area (Å²) in [7, 11) is 0. The van der Waals surface area contributed by atoms with Crippen LogP contribution in [0.3, 0.4) is 0 Å². The summed E-state index contributed by atoms with van der Waals surface area (Å²) in [5, 5.41) is 3.26. The van der Waals surface area contributed by atoms with E-state index in [1.807, 2.05) is 45.0 Å². The quantitative estimate of drug-likeness (QED) is 0.690. The van der Waals surface area contributed by atoms with Gasteiger partial charge in [0.2, 0.25) is 5.91 Å². The molecular weight excluding hydrogens is 376 g/mol. The van der Waals surface area contributed by atoms with Gasteiger partial charge in [0.15, 0.2) is 6.61 Å². The van der Waals surface area contributed by atoms with E-state index in [2.05, 4.69) is 5.32 Å². The normalized spacial score (nSPS) is 11.6. The van der Waals surface area contributed by atoms with Gasteiger partial charge in [-0.1, -0.05) is 60.5 Å². The largest absolute Gasteiger partial charge is 0.482 e. The van der Waals surface area contributed by atoms with Crippen molar-refractivity contribution >= 4 is 23.4 Å². The van der Waals surface area contributed by atoms with E-state index in [1.54, 1.807) is 29.2 Å². The molecular formula is C22H27ClN2O3. The number of hydrogen-bond donors (Lipinski definition) is 1. The van der Waals surface area contributed by atoms with E-state index >= 15 is 0 Å². The first-order valence-corrected chi connectivity index (χ1v) is 9.84. The Balaban J connectivity index is 2.21. The average molecular weight is 403 g/mol. The number of likely N-dealkylation sites (N-methyl/N-ethyl adjacent to an activating group) is 1. The number of benzene rings is 2. The van der Waals surface area contributed by atoms with Gasteiger partial charge >= 0.3 is 0 Å². The smallest absolute Gasteiger partial charge is 0.261 e. The van der Waals surface area contributed by atoms with E-state index in [0.717, 1.165) is 11.1 Å². The van der Waals surface area contributed by atoms with E-state index in [4.69, 9.17) is 16.3 Å². The maximum absolute atomic E-state index is 13.0. The highest BCUT2D eigenvalue weighted by molar-refractivity contribution is 6.32. The molecule has 0 fully saturated rings. The Kier molecular flexibility index (Phi) is 8.33. The van der Waals surface area contributed by atoms with Crippen LogP contribution >= 0.6 is 11.6 Å². The van der Waals surface area contributed by atoms with Crippen LogP contribution in [-0.2, 0) is 16.1 Å². The van der Waals surface area contributed by atoms with E-state index in [1.165, 1.54) is 0 Å². The highest BCUT2D eigenvalue weighted by Crippen LogP contribution is 2.23. The van der Waals surface area contributed by atoms with Crippen molar-refractivity contribution in [2.45, 2.75) is 39.8 Å². The molecule has 0 unspecified atom stereocenters. The van der Waals surface area contributed by atoms with Gasteiger partial charge in [0.1, 0.15) is 11.8 Å². The summed E-state index contributed by atoms with van der Waals surface area (Å²) in [6, 6.07) is 14.3. The molecule has 150 valence electrons. The van der Waals surface area contributed by atoms with Crippen LogP contribution in [-0.4, -0.2) is 35.9 Å². The van der Waals surface area contributed by atoms with Gasteiger partial charge < -0.3 is 15.0 Å². The second kappa shape index (κ2) is 10.7. The molecule has 2 aromatic rings. The van der Waals surface area contributed by atoms with Gasteiger partial charge in [0.05, 0.1) is 5.02 Å². The highest BCUT2D eigenvalue weighted by Gasteiger charge is 2.28. The zero-order valence-corrected chi connectivity index (χ0v) is 17.3. The SMILES string of the molecule is CCNC(=O)[C@@H](CC)N(Cc1cccc(C)c1)C(=O)COc1ccccc1Cl. The van der Waals surface area contributed by atoms with Gasteiger partial charge in [-0.15, -0.1) is 0 Å². The van der Waals surface area contributed by atoms with E-state index < -0.39 is 6.04 Å². The van der Waals surface area contributed by atoms with Crippen LogP contribution in [0.25, 0.3) is 0 Å². The summed E-state index contributed by atoms with van der Waals surface area (Å²) in [6.07, 6.45) is 0.509. The summed E-state index contributed by atoms with van der Waals surface area (Å²) in [6.45, 7) is 6.41. The maximum atomic E-state index is 13.0. The van der Waals surface area contributed by atoms with E-state index in [0.29, 0.717) is 30.3 Å². The Morgan fingerprint density at radius 1 is 1.14 bits per heavy atom. The minimum absolute atomic E-state index is 0.163. The standard InChI is InChI=1S/C22H27ClN2O3/c1-4-19(22(27)24-5-2)25(14-17-10-8-9-16(3)13-17)21(26)15-28-20-12-7-6-11-18(20)23/h6-13,19H,4-5,14-15H2,1-3H3,(H,24,27)/t19-/m1/s1. The summed E-state index contributed by atoms with van der Waals surface area (Å²) in [5.41, 5.74) is 2.07. The van der Waals surface area contributed by atoms with Gasteiger partial charge in [-0.2, -0.15) is 0 Å². The highest BCUT2D eigenvalue weighted by atomic mass is 35.5. The molecule has 0 bridgehead atoms. The van der Waals surface area contributed by atoms with Gasteiger partial charge in [-0.25, -0.2) is 0 Å². The molecule has 6 heteroatoms. The topological polar surface area (TPSA) is 58.6 Å². The fraction of sp³-hybridized carbons (Fsp3) is 0.364. The second-order valence-corrected chi connectivity index (χ2v) is 6.96. The molecule has 0 saturated heterocycles. The van der Waals surface area contributed by atoms with Crippen molar-refractivity contribution < 1.29 is 14.3 Å². The Hall–Kier alpha value is -2.53. The van der Waals surface area contributed by atoms with Crippen LogP contribution in [0, 0.1) is 6.92 Å². The number of rotatable bonds is 9. The fourth-order valence-corrected chi connectivity index (χ4v) is 3.19. The number of ether oxygens (including phenoxy) is 1. The number of halogens is 1. The van der Waals surface area contributed by atoms with Crippen molar-refractivity contribution in [3.8, 4) is 5.75 Å². The van der Waals surface area contributed by atoms with Crippen molar-refractivity contribution in [2.75, 3.05) is 13.2 Å². The molecule has 0 aromatic heterocycles. The van der Waals surface area contributed by atoms with Crippen molar-refractivity contribution in [1.29, 1.82) is 0 Å². The third kappa shape index (κ3) is 5.99. The number of carbonyl (C=O) groups excluding carboxylic acids is 2. The zero-order valence-electron chi connectivity index (χ0n) is 16.6. The van der Waals surface area contributed by atoms with Gasteiger partial charge in [0.25, 0.3) is 5.91 Å². The first-order valence-electron chi connectivity index (χ1n) is 9.46. The molecule has 2 aromatic carbocycles. The molecule has 2 amide bonds. The number of nitrogens with one attached hydrogen (secondary N) is 1. The predicted molar refractivity (Wildman–Crippen MR) is 111 cm³/mol. The molecule has 0 heterocycles. The zero-order chi connectivity index (χ0) is 20.5. The molecule has 2 rings (SSSR count). The van der Waals surface area contributed by atoms with E-state index in [-0.39, 0.29) is 18.4 Å². The van der Waals surface area contributed by atoms with Crippen LogP contribution in [0.1, 0.15) is 31.4 Å². The second-order valence-electron chi connectivity index (χ2n) is 6.55. The lowest BCUT2D eigenvalue weighted by Crippen LogP contribution is -2.50. The van der Waals surface area contributed by atoms with Crippen LogP contribution in [0.15, 0.2) is 48.5 Å². The number of carbonyl (C=O) groups is 2. The third-order valence-electron chi connectivity index (χ3n) is 4.36. The Morgan fingerprint density at radius 2 is 1.89 bits per heavy atom. The minimum atomic E-state index is -0.567. The summed E-state index contributed by atoms with van der Waals surface area (Å²) < 4.78 is 5.62. The lowest BCUT2D eigenvalue weighted by Gasteiger charge is -2.30. The molecule has 28 heavy (non-hydrogen) atoms. The number of hydrogen-bond acceptors (Lipinski definition) is 3. The molecule has 0 aliphatic heterocycles. The number of para-hydroxylation sites is 1.